The predicted octanol–water partition coefficient (Wildman–Crippen LogP) is 1.81. The number of primary amides is 1. The number of nitrogens with two attached hydrogens (primary N) is 1. The molecule has 23 heavy (non-hydrogen) atoms. The van der Waals surface area contributed by atoms with Crippen molar-refractivity contribution in [2.75, 3.05) is 18.4 Å². The van der Waals surface area contributed by atoms with Gasteiger partial charge in [0.1, 0.15) is 11.6 Å². The van der Waals surface area contributed by atoms with Crippen LogP contribution in [0.2, 0.25) is 0 Å². The van der Waals surface area contributed by atoms with Crippen molar-refractivity contribution in [1.82, 2.24) is 4.90 Å². The first-order valence-corrected chi connectivity index (χ1v) is 6.81. The highest BCUT2D eigenvalue weighted by Crippen LogP contribution is 2.15. The Bertz CT molecular complexity index is 676. The topological polar surface area (TPSA) is 99.2 Å². The predicted molar refractivity (Wildman–Crippen MR) is 89.3 cm³/mol. The molecule has 0 spiro atoms. The number of hydrogen-bond acceptors (Lipinski definition) is 4. The SMILES string of the molecule is C=CCN(CC=C)C(=O)/C(C#N)=C\Nc1ccccc1C(N)=O. The molecule has 0 fully saturated rings. The Balaban J connectivity index is 3.02. The molecule has 2 amide bonds. The van der Waals surface area contributed by atoms with Crippen LogP contribution in [0.4, 0.5) is 5.69 Å². The maximum absolute atomic E-state index is 12.3. The molecule has 1 rings (SSSR count). The first-order chi connectivity index (χ1) is 11.0. The summed E-state index contributed by atoms with van der Waals surface area (Å²) in [5.41, 5.74) is 5.86. The Hall–Kier alpha value is -3.33. The zero-order chi connectivity index (χ0) is 17.2. The molecule has 0 aliphatic rings. The zero-order valence-electron chi connectivity index (χ0n) is 12.7. The fourth-order valence-electron chi connectivity index (χ4n) is 1.84. The van der Waals surface area contributed by atoms with Gasteiger partial charge in [-0.1, -0.05) is 24.3 Å². The van der Waals surface area contributed by atoms with Crippen LogP contribution < -0.4 is 11.1 Å². The summed E-state index contributed by atoms with van der Waals surface area (Å²) in [5.74, 6) is -1.07. The lowest BCUT2D eigenvalue weighted by atomic mass is 10.1. The van der Waals surface area contributed by atoms with Gasteiger partial charge in [-0.3, -0.25) is 9.59 Å². The average molecular weight is 310 g/mol. The van der Waals surface area contributed by atoms with E-state index in [1.807, 2.05) is 6.07 Å². The van der Waals surface area contributed by atoms with Gasteiger partial charge in [0.15, 0.2) is 0 Å². The van der Waals surface area contributed by atoms with Gasteiger partial charge < -0.3 is 16.0 Å². The van der Waals surface area contributed by atoms with Crippen LogP contribution in [0.1, 0.15) is 10.4 Å². The van der Waals surface area contributed by atoms with Gasteiger partial charge >= 0.3 is 0 Å². The van der Waals surface area contributed by atoms with E-state index in [0.29, 0.717) is 18.8 Å². The molecule has 0 saturated carbocycles. The summed E-state index contributed by atoms with van der Waals surface area (Å²) in [6.45, 7) is 7.74. The van der Waals surface area contributed by atoms with E-state index in [-0.39, 0.29) is 11.1 Å². The molecule has 0 bridgehead atoms. The number of carbonyl (C=O) groups excluding carboxylic acids is 2. The monoisotopic (exact) mass is 310 g/mol. The summed E-state index contributed by atoms with van der Waals surface area (Å²) in [4.78, 5) is 25.1. The number of nitrogens with one attached hydrogen (secondary N) is 1. The van der Waals surface area contributed by atoms with Crippen LogP contribution in [0.5, 0.6) is 0 Å². The van der Waals surface area contributed by atoms with E-state index >= 15 is 0 Å². The molecule has 0 aliphatic carbocycles. The molecule has 1 aromatic rings. The van der Waals surface area contributed by atoms with Gasteiger partial charge in [0, 0.05) is 19.3 Å². The maximum atomic E-state index is 12.3. The molecule has 0 atom stereocenters. The van der Waals surface area contributed by atoms with Crippen LogP contribution in [0.3, 0.4) is 0 Å². The number of hydrogen-bond donors (Lipinski definition) is 2. The maximum Gasteiger partial charge on any atom is 0.266 e. The molecule has 118 valence electrons. The fourth-order valence-corrected chi connectivity index (χ4v) is 1.84. The summed E-state index contributed by atoms with van der Waals surface area (Å²) >= 11 is 0. The van der Waals surface area contributed by atoms with Crippen LogP contribution in [-0.2, 0) is 4.79 Å². The van der Waals surface area contributed by atoms with E-state index in [0.717, 1.165) is 0 Å². The van der Waals surface area contributed by atoms with Crippen molar-refractivity contribution in [1.29, 1.82) is 5.26 Å². The third-order valence-corrected chi connectivity index (χ3v) is 2.90. The Labute approximate surface area is 135 Å². The van der Waals surface area contributed by atoms with Crippen LogP contribution in [-0.4, -0.2) is 29.8 Å². The summed E-state index contributed by atoms with van der Waals surface area (Å²) in [6, 6.07) is 8.39. The van der Waals surface area contributed by atoms with E-state index in [9.17, 15) is 14.9 Å². The quantitative estimate of drug-likeness (QED) is 0.434. The number of nitrogens with zero attached hydrogens (tertiary/aromatic N) is 2. The minimum absolute atomic E-state index is 0.104. The van der Waals surface area contributed by atoms with Gasteiger partial charge in [-0.15, -0.1) is 13.2 Å². The lowest BCUT2D eigenvalue weighted by Crippen LogP contribution is -2.32. The second-order valence-corrected chi connectivity index (χ2v) is 4.51. The molecule has 0 heterocycles. The molecule has 0 aromatic heterocycles. The zero-order valence-corrected chi connectivity index (χ0v) is 12.7. The Morgan fingerprint density at radius 1 is 1.26 bits per heavy atom. The van der Waals surface area contributed by atoms with Crippen LogP contribution in [0.15, 0.2) is 61.3 Å². The van der Waals surface area contributed by atoms with Crippen LogP contribution >= 0.6 is 0 Å². The molecule has 1 aromatic carbocycles. The van der Waals surface area contributed by atoms with Crippen LogP contribution in [0.25, 0.3) is 0 Å². The van der Waals surface area contributed by atoms with E-state index < -0.39 is 11.8 Å². The smallest absolute Gasteiger partial charge is 0.266 e. The van der Waals surface area contributed by atoms with E-state index in [1.54, 1.807) is 36.4 Å². The van der Waals surface area contributed by atoms with Gasteiger partial charge in [-0.25, -0.2) is 0 Å². The Morgan fingerprint density at radius 3 is 2.39 bits per heavy atom. The molecule has 6 heteroatoms. The first kappa shape index (κ1) is 17.7. The lowest BCUT2D eigenvalue weighted by Gasteiger charge is -2.18. The molecule has 0 radical (unpaired) electrons. The third kappa shape index (κ3) is 4.86. The molecule has 6 nitrogen and oxygen atoms in total. The summed E-state index contributed by atoms with van der Waals surface area (Å²) in [5, 5.41) is 12.0. The second-order valence-electron chi connectivity index (χ2n) is 4.51. The fraction of sp³-hybridized carbons (Fsp3) is 0.118. The van der Waals surface area contributed by atoms with E-state index in [1.165, 1.54) is 11.1 Å². The molecule has 3 N–H and O–H groups in total. The third-order valence-electron chi connectivity index (χ3n) is 2.90. The van der Waals surface area contributed by atoms with Crippen LogP contribution in [0, 0.1) is 11.3 Å². The van der Waals surface area contributed by atoms with Crippen molar-refractivity contribution in [3.05, 3.63) is 66.9 Å². The summed E-state index contributed by atoms with van der Waals surface area (Å²) < 4.78 is 0. The largest absolute Gasteiger partial charge is 0.366 e. The van der Waals surface area contributed by atoms with Crippen molar-refractivity contribution in [2.24, 2.45) is 5.73 Å². The molecular weight excluding hydrogens is 292 g/mol. The number of carbonyl (C=O) groups is 2. The van der Waals surface area contributed by atoms with E-state index in [2.05, 4.69) is 18.5 Å². The standard InChI is InChI=1S/C17H18N4O2/c1-3-9-21(10-4-2)17(23)13(11-18)12-20-15-8-6-5-7-14(15)16(19)22/h3-8,12,20H,1-2,9-10H2,(H2,19,22)/b13-12-. The highest BCUT2D eigenvalue weighted by atomic mass is 16.2. The number of amides is 2. The molecule has 0 aliphatic heterocycles. The number of rotatable bonds is 8. The van der Waals surface area contributed by atoms with Gasteiger partial charge in [-0.05, 0) is 12.1 Å². The van der Waals surface area contributed by atoms with Gasteiger partial charge in [0.05, 0.1) is 11.3 Å². The van der Waals surface area contributed by atoms with Crippen molar-refractivity contribution in [3.8, 4) is 6.07 Å². The van der Waals surface area contributed by atoms with Crippen molar-refractivity contribution >= 4 is 17.5 Å². The average Bonchev–Trinajstić information content (AvgIpc) is 2.55. The normalized spacial score (nSPS) is 10.3. The lowest BCUT2D eigenvalue weighted by molar-refractivity contribution is -0.125. The number of anilines is 1. The minimum atomic E-state index is -0.605. The number of para-hydroxylation sites is 1. The second kappa shape index (κ2) is 8.85. The minimum Gasteiger partial charge on any atom is -0.366 e. The highest BCUT2D eigenvalue weighted by Gasteiger charge is 2.16. The number of nitriles is 1. The van der Waals surface area contributed by atoms with Gasteiger partial charge in [0.2, 0.25) is 0 Å². The first-order valence-electron chi connectivity index (χ1n) is 6.81. The van der Waals surface area contributed by atoms with Crippen molar-refractivity contribution < 1.29 is 9.59 Å². The summed E-state index contributed by atoms with van der Waals surface area (Å²) in [6.07, 6.45) is 4.38. The summed E-state index contributed by atoms with van der Waals surface area (Å²) in [7, 11) is 0. The molecule has 0 unspecified atom stereocenters. The van der Waals surface area contributed by atoms with Crippen molar-refractivity contribution in [3.63, 3.8) is 0 Å². The molecule has 0 saturated heterocycles. The Kier molecular flexibility index (Phi) is 6.82. The highest BCUT2D eigenvalue weighted by molar-refractivity contribution is 6.00. The number of benzene rings is 1. The molecular formula is C17H18N4O2. The van der Waals surface area contributed by atoms with E-state index in [4.69, 9.17) is 5.73 Å². The van der Waals surface area contributed by atoms with Gasteiger partial charge in [-0.2, -0.15) is 5.26 Å². The Morgan fingerprint density at radius 2 is 1.87 bits per heavy atom. The van der Waals surface area contributed by atoms with Gasteiger partial charge in [0.25, 0.3) is 11.8 Å². The van der Waals surface area contributed by atoms with Crippen molar-refractivity contribution in [2.45, 2.75) is 0 Å².